The van der Waals surface area contributed by atoms with Crippen LogP contribution in [0.1, 0.15) is 49.5 Å². The van der Waals surface area contributed by atoms with Crippen molar-refractivity contribution in [1.82, 2.24) is 9.21 Å². The molecule has 10 heteroatoms. The summed E-state index contributed by atoms with van der Waals surface area (Å²) in [5.41, 5.74) is -0.443. The number of fused-ring (bicyclic) bond motifs is 1. The SMILES string of the molecule is CC(C)(C)OC(=O)N(C1CC1)S(=O)(=O)c1ccc2c(c1)CN(C(=O)O)C2=O. The molecule has 146 valence electrons. The molecule has 27 heavy (non-hydrogen) atoms. The summed E-state index contributed by atoms with van der Waals surface area (Å²) in [6, 6.07) is 3.26. The van der Waals surface area contributed by atoms with Gasteiger partial charge in [-0.1, -0.05) is 0 Å². The number of carboxylic acid groups (broad SMARTS) is 1. The molecule has 9 nitrogen and oxygen atoms in total. The van der Waals surface area contributed by atoms with Gasteiger partial charge in [-0.15, -0.1) is 0 Å². The van der Waals surface area contributed by atoms with Gasteiger partial charge >= 0.3 is 12.2 Å². The van der Waals surface area contributed by atoms with E-state index in [1.54, 1.807) is 20.8 Å². The van der Waals surface area contributed by atoms with Crippen LogP contribution in [0.5, 0.6) is 0 Å². The van der Waals surface area contributed by atoms with E-state index in [0.717, 1.165) is 4.31 Å². The number of carbonyl (C=O) groups excluding carboxylic acids is 2. The Kier molecular flexibility index (Phi) is 4.41. The van der Waals surface area contributed by atoms with Gasteiger partial charge in [0.25, 0.3) is 15.9 Å². The van der Waals surface area contributed by atoms with Crippen LogP contribution in [-0.4, -0.2) is 52.5 Å². The highest BCUT2D eigenvalue weighted by molar-refractivity contribution is 7.89. The number of sulfonamides is 1. The number of hydrogen-bond donors (Lipinski definition) is 1. The zero-order valence-corrected chi connectivity index (χ0v) is 15.9. The molecule has 0 saturated heterocycles. The van der Waals surface area contributed by atoms with E-state index >= 15 is 0 Å². The summed E-state index contributed by atoms with van der Waals surface area (Å²) >= 11 is 0. The minimum absolute atomic E-state index is 0.131. The Morgan fingerprint density at radius 1 is 1.26 bits per heavy atom. The minimum atomic E-state index is -4.20. The van der Waals surface area contributed by atoms with Crippen LogP contribution < -0.4 is 0 Å². The monoisotopic (exact) mass is 396 g/mol. The molecule has 3 amide bonds. The molecule has 2 aliphatic rings. The molecule has 0 spiro atoms. The van der Waals surface area contributed by atoms with E-state index in [2.05, 4.69) is 0 Å². The average molecular weight is 396 g/mol. The first-order valence-corrected chi connectivity index (χ1v) is 9.81. The van der Waals surface area contributed by atoms with Crippen LogP contribution in [0, 0.1) is 0 Å². The smallest absolute Gasteiger partial charge is 0.424 e. The van der Waals surface area contributed by atoms with Gasteiger partial charge in [0.2, 0.25) is 0 Å². The molecule has 1 heterocycles. The molecule has 1 aliphatic heterocycles. The van der Waals surface area contributed by atoms with Crippen molar-refractivity contribution < 1.29 is 32.6 Å². The first-order chi connectivity index (χ1) is 12.4. The molecule has 0 radical (unpaired) electrons. The van der Waals surface area contributed by atoms with E-state index in [1.807, 2.05) is 0 Å². The lowest BCUT2D eigenvalue weighted by Crippen LogP contribution is -2.42. The lowest BCUT2D eigenvalue weighted by atomic mass is 10.1. The summed E-state index contributed by atoms with van der Waals surface area (Å²) in [5, 5.41) is 9.05. The molecule has 1 N–H and O–H groups in total. The third kappa shape index (κ3) is 3.61. The van der Waals surface area contributed by atoms with Crippen LogP contribution in [0.2, 0.25) is 0 Å². The van der Waals surface area contributed by atoms with Crippen molar-refractivity contribution in [2.45, 2.75) is 56.7 Å². The maximum absolute atomic E-state index is 13.0. The van der Waals surface area contributed by atoms with E-state index in [0.29, 0.717) is 17.7 Å². The van der Waals surface area contributed by atoms with Crippen molar-refractivity contribution >= 4 is 28.1 Å². The van der Waals surface area contributed by atoms with Crippen molar-refractivity contribution in [1.29, 1.82) is 0 Å². The number of hydrogen-bond acceptors (Lipinski definition) is 6. The van der Waals surface area contributed by atoms with Crippen LogP contribution in [0.4, 0.5) is 9.59 Å². The summed E-state index contributed by atoms with van der Waals surface area (Å²) in [7, 11) is -4.20. The zero-order chi connectivity index (χ0) is 20.1. The molecule has 1 saturated carbocycles. The fraction of sp³-hybridized carbons (Fsp3) is 0.471. The van der Waals surface area contributed by atoms with Gasteiger partial charge in [-0.05, 0) is 57.4 Å². The van der Waals surface area contributed by atoms with Gasteiger partial charge in [0.05, 0.1) is 17.5 Å². The van der Waals surface area contributed by atoms with Crippen molar-refractivity contribution in [2.24, 2.45) is 0 Å². The topological polar surface area (TPSA) is 121 Å². The van der Waals surface area contributed by atoms with E-state index in [1.165, 1.54) is 18.2 Å². The van der Waals surface area contributed by atoms with Gasteiger partial charge in [0, 0.05) is 5.56 Å². The number of carbonyl (C=O) groups is 3. The van der Waals surface area contributed by atoms with Crippen molar-refractivity contribution in [3.63, 3.8) is 0 Å². The number of nitrogens with zero attached hydrogens (tertiary/aromatic N) is 2. The summed E-state index contributed by atoms with van der Waals surface area (Å²) in [5.74, 6) is -0.701. The maximum atomic E-state index is 13.0. The first-order valence-electron chi connectivity index (χ1n) is 8.37. The van der Waals surface area contributed by atoms with Crippen LogP contribution >= 0.6 is 0 Å². The maximum Gasteiger partial charge on any atom is 0.424 e. The Bertz CT molecular complexity index is 929. The predicted octanol–water partition coefficient (Wildman–Crippen LogP) is 2.41. The average Bonchev–Trinajstić information content (AvgIpc) is 3.28. The van der Waals surface area contributed by atoms with Crippen molar-refractivity contribution in [3.8, 4) is 0 Å². The third-order valence-corrected chi connectivity index (χ3v) is 5.94. The lowest BCUT2D eigenvalue weighted by molar-refractivity contribution is 0.0381. The molecule has 0 aromatic heterocycles. The molecular weight excluding hydrogens is 376 g/mol. The number of rotatable bonds is 3. The molecule has 3 rings (SSSR count). The standard InChI is InChI=1S/C17H20N2O7S/c1-17(2,3)26-16(23)19(11-4-5-11)27(24,25)12-6-7-13-10(8-12)9-18(14(13)20)15(21)22/h6-8,11H,4-5,9H2,1-3H3,(H,21,22). The molecule has 1 aromatic rings. The fourth-order valence-corrected chi connectivity index (χ4v) is 4.38. The number of imide groups is 1. The van der Waals surface area contributed by atoms with Gasteiger partial charge < -0.3 is 9.84 Å². The molecular formula is C17H20N2O7S. The van der Waals surface area contributed by atoms with Crippen molar-refractivity contribution in [2.75, 3.05) is 0 Å². The highest BCUT2D eigenvalue weighted by Crippen LogP contribution is 2.35. The first kappa shape index (κ1) is 19.2. The number of benzene rings is 1. The van der Waals surface area contributed by atoms with Crippen molar-refractivity contribution in [3.05, 3.63) is 29.3 Å². The summed E-state index contributed by atoms with van der Waals surface area (Å²) < 4.78 is 32.1. The second-order valence-electron chi connectivity index (χ2n) is 7.51. The molecule has 0 unspecified atom stereocenters. The van der Waals surface area contributed by atoms with Gasteiger partial charge in [-0.3, -0.25) is 4.79 Å². The molecule has 1 fully saturated rings. The molecule has 1 aromatic carbocycles. The van der Waals surface area contributed by atoms with E-state index < -0.39 is 39.8 Å². The second kappa shape index (κ2) is 6.22. The third-order valence-electron chi connectivity index (χ3n) is 4.12. The largest absolute Gasteiger partial charge is 0.465 e. The Hall–Kier alpha value is -2.62. The van der Waals surface area contributed by atoms with E-state index in [-0.39, 0.29) is 22.6 Å². The molecule has 1 aliphatic carbocycles. The van der Waals surface area contributed by atoms with E-state index in [4.69, 9.17) is 9.84 Å². The zero-order valence-electron chi connectivity index (χ0n) is 15.1. The number of amides is 3. The summed E-state index contributed by atoms with van der Waals surface area (Å²) in [6.07, 6.45) is -1.26. The van der Waals surface area contributed by atoms with Gasteiger partial charge in [-0.2, -0.15) is 4.31 Å². The van der Waals surface area contributed by atoms with Crippen LogP contribution in [0.25, 0.3) is 0 Å². The summed E-state index contributed by atoms with van der Waals surface area (Å²) in [6.45, 7) is 4.70. The Morgan fingerprint density at radius 2 is 1.89 bits per heavy atom. The second-order valence-corrected chi connectivity index (χ2v) is 9.32. The van der Waals surface area contributed by atoms with Crippen LogP contribution in [0.3, 0.4) is 0 Å². The fourth-order valence-electron chi connectivity index (χ4n) is 2.79. The molecule has 0 bridgehead atoms. The molecule has 0 atom stereocenters. The van der Waals surface area contributed by atoms with Gasteiger partial charge in [0.1, 0.15) is 5.60 Å². The number of ether oxygens (including phenoxy) is 1. The Balaban J connectivity index is 1.95. The van der Waals surface area contributed by atoms with Gasteiger partial charge in [-0.25, -0.2) is 22.9 Å². The predicted molar refractivity (Wildman–Crippen MR) is 92.6 cm³/mol. The highest BCUT2D eigenvalue weighted by Gasteiger charge is 2.44. The quantitative estimate of drug-likeness (QED) is 0.832. The highest BCUT2D eigenvalue weighted by atomic mass is 32.2. The van der Waals surface area contributed by atoms with Crippen LogP contribution in [0.15, 0.2) is 23.1 Å². The minimum Gasteiger partial charge on any atom is -0.465 e. The van der Waals surface area contributed by atoms with Gasteiger partial charge in [0.15, 0.2) is 0 Å². The summed E-state index contributed by atoms with van der Waals surface area (Å²) in [4.78, 5) is 36.0. The Labute approximate surface area is 156 Å². The Morgan fingerprint density at radius 3 is 2.41 bits per heavy atom. The van der Waals surface area contributed by atoms with E-state index in [9.17, 15) is 22.8 Å². The normalized spacial score (nSPS) is 16.9. The van der Waals surface area contributed by atoms with Crippen LogP contribution in [-0.2, 0) is 21.3 Å². The lowest BCUT2D eigenvalue weighted by Gasteiger charge is -2.27.